The van der Waals surface area contributed by atoms with Crippen molar-refractivity contribution in [3.63, 3.8) is 0 Å². The lowest BCUT2D eigenvalue weighted by Gasteiger charge is -2.27. The minimum Gasteiger partial charge on any atom is -0.367 e. The number of aromatic nitrogens is 3. The van der Waals surface area contributed by atoms with Crippen molar-refractivity contribution in [2.75, 3.05) is 7.11 Å². The van der Waals surface area contributed by atoms with Gasteiger partial charge in [-0.1, -0.05) is 36.4 Å². The van der Waals surface area contributed by atoms with Gasteiger partial charge in [-0.15, -0.1) is 0 Å². The van der Waals surface area contributed by atoms with Crippen LogP contribution in [0.2, 0.25) is 0 Å². The minimum atomic E-state index is -0.655. The molecular weight excluding hydrogens is 340 g/mol. The van der Waals surface area contributed by atoms with E-state index in [9.17, 15) is 4.79 Å². The van der Waals surface area contributed by atoms with Crippen molar-refractivity contribution in [2.24, 2.45) is 7.05 Å². The van der Waals surface area contributed by atoms with E-state index in [1.54, 1.807) is 24.4 Å². The summed E-state index contributed by atoms with van der Waals surface area (Å²) in [5.74, 6) is -0.0913. The number of methoxy groups -OCH3 is 1. The molecule has 140 valence electrons. The van der Waals surface area contributed by atoms with Gasteiger partial charge in [-0.3, -0.25) is 14.5 Å². The summed E-state index contributed by atoms with van der Waals surface area (Å²) in [6.45, 7) is 2.83. The molecule has 0 radical (unpaired) electrons. The van der Waals surface area contributed by atoms with Crippen LogP contribution in [0.4, 0.5) is 0 Å². The van der Waals surface area contributed by atoms with Gasteiger partial charge in [0.2, 0.25) is 0 Å². The molecule has 1 atom stereocenters. The van der Waals surface area contributed by atoms with Crippen molar-refractivity contribution < 1.29 is 9.53 Å². The van der Waals surface area contributed by atoms with Crippen molar-refractivity contribution in [1.82, 2.24) is 19.7 Å². The summed E-state index contributed by atoms with van der Waals surface area (Å²) in [7, 11) is 3.45. The standard InChI is InChI=1S/C21H24N4O2/c1-16-12-19(24(2)23-16)15-25(14-17-8-7-11-22-13-17)21(26)20(27-3)18-9-5-4-6-10-18/h4-13,20H,14-15H2,1-3H3. The normalized spacial score (nSPS) is 12.0. The summed E-state index contributed by atoms with van der Waals surface area (Å²) in [6.07, 6.45) is 2.85. The summed E-state index contributed by atoms with van der Waals surface area (Å²) < 4.78 is 7.37. The van der Waals surface area contributed by atoms with Gasteiger partial charge in [0.1, 0.15) is 0 Å². The molecular formula is C21H24N4O2. The molecule has 27 heavy (non-hydrogen) atoms. The molecule has 0 aliphatic heterocycles. The zero-order chi connectivity index (χ0) is 19.2. The van der Waals surface area contributed by atoms with Crippen molar-refractivity contribution in [3.05, 3.63) is 83.4 Å². The summed E-state index contributed by atoms with van der Waals surface area (Å²) in [6, 6.07) is 15.4. The lowest BCUT2D eigenvalue weighted by molar-refractivity contribution is -0.143. The number of carbonyl (C=O) groups is 1. The Bertz CT molecular complexity index is 878. The van der Waals surface area contributed by atoms with Crippen LogP contribution in [0.3, 0.4) is 0 Å². The van der Waals surface area contributed by atoms with Crippen LogP contribution in [-0.2, 0) is 29.7 Å². The molecule has 1 amide bonds. The topological polar surface area (TPSA) is 60.2 Å². The molecule has 0 N–H and O–H groups in total. The smallest absolute Gasteiger partial charge is 0.256 e. The van der Waals surface area contributed by atoms with Crippen LogP contribution in [0.5, 0.6) is 0 Å². The van der Waals surface area contributed by atoms with E-state index < -0.39 is 6.10 Å². The lowest BCUT2D eigenvalue weighted by Crippen LogP contribution is -2.35. The molecule has 0 bridgehead atoms. The van der Waals surface area contributed by atoms with Crippen LogP contribution in [0.1, 0.15) is 28.6 Å². The van der Waals surface area contributed by atoms with E-state index in [0.717, 1.165) is 22.5 Å². The number of pyridine rings is 1. The van der Waals surface area contributed by atoms with E-state index in [2.05, 4.69) is 10.1 Å². The van der Waals surface area contributed by atoms with E-state index in [1.165, 1.54) is 0 Å². The van der Waals surface area contributed by atoms with Crippen LogP contribution in [0.25, 0.3) is 0 Å². The maximum absolute atomic E-state index is 13.4. The van der Waals surface area contributed by atoms with Crippen LogP contribution < -0.4 is 0 Å². The third-order valence-electron chi connectivity index (χ3n) is 4.42. The van der Waals surface area contributed by atoms with Crippen molar-refractivity contribution >= 4 is 5.91 Å². The SMILES string of the molecule is COC(C(=O)N(Cc1cccnc1)Cc1cc(C)nn1C)c1ccccc1. The first-order chi connectivity index (χ1) is 13.1. The molecule has 1 unspecified atom stereocenters. The fourth-order valence-corrected chi connectivity index (χ4v) is 3.10. The highest BCUT2D eigenvalue weighted by Gasteiger charge is 2.27. The zero-order valence-electron chi connectivity index (χ0n) is 15.9. The lowest BCUT2D eigenvalue weighted by atomic mass is 10.1. The van der Waals surface area contributed by atoms with Crippen molar-refractivity contribution in [3.8, 4) is 0 Å². The molecule has 2 heterocycles. The van der Waals surface area contributed by atoms with Gasteiger partial charge in [0.25, 0.3) is 5.91 Å². The second kappa shape index (κ2) is 8.60. The van der Waals surface area contributed by atoms with Crippen molar-refractivity contribution in [1.29, 1.82) is 0 Å². The molecule has 1 aromatic carbocycles. The van der Waals surface area contributed by atoms with Gasteiger partial charge in [-0.2, -0.15) is 5.10 Å². The summed E-state index contributed by atoms with van der Waals surface area (Å²) >= 11 is 0. The highest BCUT2D eigenvalue weighted by molar-refractivity contribution is 5.82. The maximum atomic E-state index is 13.4. The number of aryl methyl sites for hydroxylation is 2. The zero-order valence-corrected chi connectivity index (χ0v) is 15.9. The monoisotopic (exact) mass is 364 g/mol. The van der Waals surface area contributed by atoms with Gasteiger partial charge in [-0.05, 0) is 30.2 Å². The third kappa shape index (κ3) is 4.60. The molecule has 0 fully saturated rings. The number of nitrogens with zero attached hydrogens (tertiary/aromatic N) is 4. The minimum absolute atomic E-state index is 0.0913. The summed E-state index contributed by atoms with van der Waals surface area (Å²) in [5, 5.41) is 4.39. The highest BCUT2D eigenvalue weighted by atomic mass is 16.5. The van der Waals surface area contributed by atoms with Gasteiger partial charge in [0.15, 0.2) is 6.10 Å². The Balaban J connectivity index is 1.90. The number of hydrogen-bond donors (Lipinski definition) is 0. The van der Waals surface area contributed by atoms with E-state index in [1.807, 2.05) is 67.2 Å². The van der Waals surface area contributed by atoms with Gasteiger partial charge >= 0.3 is 0 Å². The number of amides is 1. The van der Waals surface area contributed by atoms with Crippen LogP contribution in [0, 0.1) is 6.92 Å². The first-order valence-electron chi connectivity index (χ1n) is 8.83. The van der Waals surface area contributed by atoms with Crippen LogP contribution in [0.15, 0.2) is 60.9 Å². The Hall–Kier alpha value is -2.99. The maximum Gasteiger partial charge on any atom is 0.256 e. The molecule has 3 rings (SSSR count). The Labute approximate surface area is 159 Å². The van der Waals surface area contributed by atoms with E-state index in [4.69, 9.17) is 4.74 Å². The van der Waals surface area contributed by atoms with Gasteiger partial charge in [-0.25, -0.2) is 0 Å². The summed E-state index contributed by atoms with van der Waals surface area (Å²) in [5.41, 5.74) is 3.69. The summed E-state index contributed by atoms with van der Waals surface area (Å²) in [4.78, 5) is 19.3. The van der Waals surface area contributed by atoms with Crippen LogP contribution >= 0.6 is 0 Å². The van der Waals surface area contributed by atoms with E-state index in [-0.39, 0.29) is 5.91 Å². The molecule has 0 aliphatic rings. The fraction of sp³-hybridized carbons (Fsp3) is 0.286. The average molecular weight is 364 g/mol. The number of benzene rings is 1. The average Bonchev–Trinajstić information content (AvgIpc) is 3.00. The fourth-order valence-electron chi connectivity index (χ4n) is 3.10. The molecule has 6 nitrogen and oxygen atoms in total. The number of ether oxygens (including phenoxy) is 1. The molecule has 0 spiro atoms. The predicted octanol–water partition coefficient (Wildman–Crippen LogP) is 3.04. The predicted molar refractivity (Wildman–Crippen MR) is 103 cm³/mol. The third-order valence-corrected chi connectivity index (χ3v) is 4.42. The Morgan fingerprint density at radius 2 is 1.96 bits per heavy atom. The molecule has 0 saturated heterocycles. The van der Waals surface area contributed by atoms with Gasteiger partial charge < -0.3 is 9.64 Å². The van der Waals surface area contributed by atoms with E-state index >= 15 is 0 Å². The van der Waals surface area contributed by atoms with Gasteiger partial charge in [0, 0.05) is 33.1 Å². The second-order valence-corrected chi connectivity index (χ2v) is 6.48. The number of hydrogen-bond acceptors (Lipinski definition) is 4. The first-order valence-corrected chi connectivity index (χ1v) is 8.83. The molecule has 0 saturated carbocycles. The van der Waals surface area contributed by atoms with Crippen LogP contribution in [-0.4, -0.2) is 32.7 Å². The van der Waals surface area contributed by atoms with Crippen molar-refractivity contribution in [2.45, 2.75) is 26.1 Å². The Morgan fingerprint density at radius 1 is 1.19 bits per heavy atom. The Kier molecular flexibility index (Phi) is 5.98. The second-order valence-electron chi connectivity index (χ2n) is 6.48. The first kappa shape index (κ1) is 18.8. The Morgan fingerprint density at radius 3 is 2.56 bits per heavy atom. The quantitative estimate of drug-likeness (QED) is 0.646. The molecule has 2 aromatic heterocycles. The van der Waals surface area contributed by atoms with Gasteiger partial charge in [0.05, 0.1) is 17.9 Å². The highest BCUT2D eigenvalue weighted by Crippen LogP contribution is 2.22. The molecule has 6 heteroatoms. The van der Waals surface area contributed by atoms with E-state index in [0.29, 0.717) is 13.1 Å². The molecule has 3 aromatic rings. The number of carbonyl (C=O) groups excluding carboxylic acids is 1. The molecule has 0 aliphatic carbocycles. The largest absolute Gasteiger partial charge is 0.367 e. The number of rotatable bonds is 7.